The molecule has 0 saturated carbocycles. The fourth-order valence-electron chi connectivity index (χ4n) is 1.82. The molecule has 0 radical (unpaired) electrons. The van der Waals surface area contributed by atoms with Crippen LogP contribution in [0, 0.1) is 0 Å². The van der Waals surface area contributed by atoms with E-state index in [0.29, 0.717) is 6.61 Å². The highest BCUT2D eigenvalue weighted by Gasteiger charge is 2.46. The second kappa shape index (κ2) is 11.1. The van der Waals surface area contributed by atoms with Crippen LogP contribution in [0.5, 0.6) is 0 Å². The maximum atomic E-state index is 11.4. The van der Waals surface area contributed by atoms with Crippen LogP contribution in [-0.2, 0) is 36.1 Å². The van der Waals surface area contributed by atoms with E-state index in [2.05, 4.69) is 32.8 Å². The second-order valence-corrected chi connectivity index (χ2v) is 10.0. The van der Waals surface area contributed by atoms with Gasteiger partial charge in [-0.1, -0.05) is 36.9 Å². The Balaban J connectivity index is 0.000000607. The predicted molar refractivity (Wildman–Crippen MR) is 102 cm³/mol. The van der Waals surface area contributed by atoms with Crippen molar-refractivity contribution < 1.29 is 57.2 Å². The first kappa shape index (κ1) is 29.8. The third-order valence-electron chi connectivity index (χ3n) is 3.34. The molecule has 1 rings (SSSR count). The highest BCUT2D eigenvalue weighted by Crippen LogP contribution is 2.36. The molecule has 1 aromatic carbocycles. The Hall–Kier alpha value is -2.17. The van der Waals surface area contributed by atoms with Gasteiger partial charge in [0.05, 0.1) is 14.1 Å². The van der Waals surface area contributed by atoms with Crippen molar-refractivity contribution in [1.29, 1.82) is 0 Å². The van der Waals surface area contributed by atoms with Gasteiger partial charge in [0.1, 0.15) is 19.7 Å². The number of nitrogens with zero attached hydrogens (tertiary/aromatic N) is 2. The van der Waals surface area contributed by atoms with Gasteiger partial charge in [0.2, 0.25) is 0 Å². The molecule has 0 aliphatic carbocycles. The summed E-state index contributed by atoms with van der Waals surface area (Å²) < 4.78 is 115. The summed E-state index contributed by atoms with van der Waals surface area (Å²) in [6, 6.07) is 10.3. The molecule has 0 spiro atoms. The molecule has 32 heavy (non-hydrogen) atoms. The Morgan fingerprint density at radius 2 is 1.44 bits per heavy atom. The first-order valence-electron chi connectivity index (χ1n) is 8.26. The van der Waals surface area contributed by atoms with Gasteiger partial charge in [0.15, 0.2) is 20.0 Å². The lowest BCUT2D eigenvalue weighted by atomic mass is 10.2. The standard InChI is InChI=1S/C14H20NO2.C2F6NO4S2/c1-4-14(16)17-11-10-15(2,3)12-13-8-6-5-7-9-13;3-1(4,5)14(10,11)9-15(12,13)2(6,7)8/h4-9H,1,10-12H2,2-3H3;/q+1;-1. The molecule has 16 heteroatoms. The number of carbonyl (C=O) groups excluding carboxylic acids is 1. The summed E-state index contributed by atoms with van der Waals surface area (Å²) in [6.45, 7) is 5.49. The number of sulfonamides is 2. The van der Waals surface area contributed by atoms with E-state index in [9.17, 15) is 48.0 Å². The Morgan fingerprint density at radius 3 is 1.81 bits per heavy atom. The molecule has 0 bridgehead atoms. The van der Waals surface area contributed by atoms with Gasteiger partial charge in [-0.2, -0.15) is 26.3 Å². The van der Waals surface area contributed by atoms with E-state index in [-0.39, 0.29) is 5.97 Å². The van der Waals surface area contributed by atoms with Crippen LogP contribution in [0.3, 0.4) is 0 Å². The molecule has 8 nitrogen and oxygen atoms in total. The molecule has 0 aliphatic heterocycles. The molecule has 0 aromatic heterocycles. The molecule has 0 fully saturated rings. The number of ether oxygens (including phenoxy) is 1. The van der Waals surface area contributed by atoms with Crippen LogP contribution in [0.1, 0.15) is 5.56 Å². The molecular weight excluding hydrogens is 494 g/mol. The zero-order chi connectivity index (χ0) is 25.4. The normalized spacial score (nSPS) is 13.0. The first-order chi connectivity index (χ1) is 14.2. The minimum Gasteiger partial charge on any atom is -0.457 e. The van der Waals surface area contributed by atoms with Gasteiger partial charge < -0.3 is 13.3 Å². The lowest BCUT2D eigenvalue weighted by Gasteiger charge is -2.29. The summed E-state index contributed by atoms with van der Waals surface area (Å²) in [5.41, 5.74) is -11.1. The molecular formula is C16H20F6N2O6S2. The summed E-state index contributed by atoms with van der Waals surface area (Å²) in [5.74, 6) is -0.357. The lowest BCUT2D eigenvalue weighted by Crippen LogP contribution is -2.41. The number of benzene rings is 1. The zero-order valence-corrected chi connectivity index (χ0v) is 18.4. The molecule has 0 aliphatic rings. The smallest absolute Gasteiger partial charge is 0.457 e. The van der Waals surface area contributed by atoms with Crippen LogP contribution >= 0.6 is 0 Å². The lowest BCUT2D eigenvalue weighted by molar-refractivity contribution is -0.903. The Bertz CT molecular complexity index is 933. The Labute approximate surface area is 181 Å². The molecule has 0 heterocycles. The third-order valence-corrected chi connectivity index (χ3v) is 6.08. The molecule has 0 atom stereocenters. The summed E-state index contributed by atoms with van der Waals surface area (Å²) in [4.78, 5) is 10.9. The number of alkyl halides is 6. The number of likely N-dealkylation sites (N-methyl/N-ethyl adjacent to an activating group) is 1. The van der Waals surface area contributed by atoms with Gasteiger partial charge in [-0.3, -0.25) is 0 Å². The van der Waals surface area contributed by atoms with Crippen molar-refractivity contribution in [1.82, 2.24) is 0 Å². The maximum absolute atomic E-state index is 11.4. The molecule has 0 saturated heterocycles. The average molecular weight is 514 g/mol. The van der Waals surface area contributed by atoms with Crippen molar-refractivity contribution in [3.63, 3.8) is 0 Å². The van der Waals surface area contributed by atoms with Crippen LogP contribution < -0.4 is 0 Å². The number of hydrogen-bond donors (Lipinski definition) is 0. The predicted octanol–water partition coefficient (Wildman–Crippen LogP) is 3.05. The fraction of sp³-hybridized carbons (Fsp3) is 0.438. The Kier molecular flexibility index (Phi) is 10.4. The van der Waals surface area contributed by atoms with Gasteiger partial charge in [0.25, 0.3) is 0 Å². The number of hydrogen-bond acceptors (Lipinski definition) is 6. The largest absolute Gasteiger partial charge is 0.480 e. The van der Waals surface area contributed by atoms with E-state index in [4.69, 9.17) is 4.74 Å². The highest BCUT2D eigenvalue weighted by atomic mass is 32.3. The van der Waals surface area contributed by atoms with Crippen molar-refractivity contribution in [2.75, 3.05) is 27.2 Å². The summed E-state index contributed by atoms with van der Waals surface area (Å²) in [7, 11) is -9.20. The number of carbonyl (C=O) groups is 1. The molecule has 0 amide bonds. The SMILES string of the molecule is C=CC(=O)OCC[N+](C)(C)Cc1ccccc1.O=S(=O)([N-]S(=O)(=O)C(F)(F)F)C(F)(F)F. The molecule has 1 aromatic rings. The quantitative estimate of drug-likeness (QED) is 0.228. The van der Waals surface area contributed by atoms with Crippen LogP contribution in [0.15, 0.2) is 43.0 Å². The van der Waals surface area contributed by atoms with Crippen molar-refractivity contribution in [3.8, 4) is 0 Å². The number of esters is 1. The van der Waals surface area contributed by atoms with Crippen molar-refractivity contribution in [3.05, 3.63) is 52.7 Å². The number of halogens is 6. The number of rotatable bonds is 8. The first-order valence-corrected chi connectivity index (χ1v) is 11.1. The van der Waals surface area contributed by atoms with Gasteiger partial charge in [-0.25, -0.2) is 21.6 Å². The van der Waals surface area contributed by atoms with E-state index in [0.717, 1.165) is 21.7 Å². The van der Waals surface area contributed by atoms with E-state index in [1.165, 1.54) is 11.6 Å². The van der Waals surface area contributed by atoms with E-state index < -0.39 is 31.1 Å². The fourth-order valence-corrected chi connectivity index (χ4v) is 3.53. The van der Waals surface area contributed by atoms with Crippen LogP contribution in [-0.4, -0.2) is 65.6 Å². The van der Waals surface area contributed by atoms with E-state index in [1.54, 1.807) is 0 Å². The van der Waals surface area contributed by atoms with Gasteiger partial charge in [-0.15, -0.1) is 0 Å². The second-order valence-electron chi connectivity index (χ2n) is 6.59. The summed E-state index contributed by atoms with van der Waals surface area (Å²) in [5, 5.41) is 0. The van der Waals surface area contributed by atoms with Gasteiger partial charge >= 0.3 is 17.0 Å². The van der Waals surface area contributed by atoms with Crippen molar-refractivity contribution >= 4 is 26.0 Å². The molecule has 184 valence electrons. The van der Waals surface area contributed by atoms with Gasteiger partial charge in [-0.05, 0) is 0 Å². The zero-order valence-electron chi connectivity index (χ0n) is 16.7. The van der Waals surface area contributed by atoms with Crippen molar-refractivity contribution in [2.24, 2.45) is 0 Å². The molecule has 0 N–H and O–H groups in total. The van der Waals surface area contributed by atoms with Crippen LogP contribution in [0.25, 0.3) is 4.13 Å². The van der Waals surface area contributed by atoms with E-state index >= 15 is 0 Å². The van der Waals surface area contributed by atoms with Crippen LogP contribution in [0.2, 0.25) is 0 Å². The topological polar surface area (TPSA) is 109 Å². The average Bonchev–Trinajstić information content (AvgIpc) is 2.59. The minimum absolute atomic E-state index is 0.357. The third kappa shape index (κ3) is 10.4. The Morgan fingerprint density at radius 1 is 1.00 bits per heavy atom. The monoisotopic (exact) mass is 514 g/mol. The van der Waals surface area contributed by atoms with E-state index in [1.807, 2.05) is 18.2 Å². The van der Waals surface area contributed by atoms with Crippen LogP contribution in [0.4, 0.5) is 26.3 Å². The maximum Gasteiger partial charge on any atom is 0.480 e. The molecule has 0 unspecified atom stereocenters. The summed E-state index contributed by atoms with van der Waals surface area (Å²) >= 11 is 0. The van der Waals surface area contributed by atoms with Crippen molar-refractivity contribution in [2.45, 2.75) is 17.6 Å². The highest BCUT2D eigenvalue weighted by molar-refractivity contribution is 8.13. The number of quaternary nitrogens is 1. The summed E-state index contributed by atoms with van der Waals surface area (Å²) in [6.07, 6.45) is 1.19. The van der Waals surface area contributed by atoms with Gasteiger partial charge in [0, 0.05) is 11.6 Å². The minimum atomic E-state index is -6.72.